The highest BCUT2D eigenvalue weighted by molar-refractivity contribution is 6.30. The van der Waals surface area contributed by atoms with Crippen LogP contribution in [0.25, 0.3) is 10.9 Å². The molecule has 0 atom stereocenters. The van der Waals surface area contributed by atoms with E-state index in [9.17, 15) is 5.26 Å². The summed E-state index contributed by atoms with van der Waals surface area (Å²) in [5.41, 5.74) is 4.57. The molecule has 0 aliphatic heterocycles. The van der Waals surface area contributed by atoms with Crippen LogP contribution in [0, 0.1) is 25.2 Å². The Balaban J connectivity index is 1.73. The molecule has 0 saturated carbocycles. The second-order valence-electron chi connectivity index (χ2n) is 6.69. The van der Waals surface area contributed by atoms with E-state index < -0.39 is 0 Å². The van der Waals surface area contributed by atoms with E-state index in [1.54, 1.807) is 6.21 Å². The number of furan rings is 1. The topological polar surface area (TPSA) is 54.2 Å². The number of hydrogen-bond acceptors (Lipinski definition) is 3. The number of fused-ring (bicyclic) bond motifs is 1. The second kappa shape index (κ2) is 7.38. The van der Waals surface area contributed by atoms with Crippen molar-refractivity contribution in [3.8, 4) is 6.07 Å². The fraction of sp³-hybridized carbons (Fsp3) is 0.130. The molecule has 0 saturated heterocycles. The second-order valence-corrected chi connectivity index (χ2v) is 7.13. The van der Waals surface area contributed by atoms with E-state index in [-0.39, 0.29) is 0 Å². The van der Waals surface area contributed by atoms with Crippen molar-refractivity contribution >= 4 is 34.6 Å². The highest BCUT2D eigenvalue weighted by Crippen LogP contribution is 2.28. The summed E-state index contributed by atoms with van der Waals surface area (Å²) in [5.74, 6) is 1.07. The lowest BCUT2D eigenvalue weighted by Gasteiger charge is -2.05. The summed E-state index contributed by atoms with van der Waals surface area (Å²) in [6.45, 7) is 4.44. The van der Waals surface area contributed by atoms with E-state index >= 15 is 0 Å². The monoisotopic (exact) mass is 387 g/mol. The SMILES string of the molecule is Cc1oc(/N=C/c2cn(Cc3ccc(Cl)cc3)c3ccccc23)c(C#N)c1C. The van der Waals surface area contributed by atoms with Crippen LogP contribution in [0.2, 0.25) is 5.02 Å². The average Bonchev–Trinajstić information content (AvgIpc) is 3.19. The lowest BCUT2D eigenvalue weighted by molar-refractivity contribution is 0.542. The van der Waals surface area contributed by atoms with Gasteiger partial charge in [0.05, 0.1) is 0 Å². The number of nitrogens with zero attached hydrogens (tertiary/aromatic N) is 3. The van der Waals surface area contributed by atoms with Crippen LogP contribution < -0.4 is 0 Å². The third kappa shape index (κ3) is 3.33. The van der Waals surface area contributed by atoms with Gasteiger partial charge >= 0.3 is 0 Å². The Hall–Kier alpha value is -3.29. The summed E-state index contributed by atoms with van der Waals surface area (Å²) in [4.78, 5) is 4.47. The van der Waals surface area contributed by atoms with Gasteiger partial charge in [-0.05, 0) is 37.6 Å². The van der Waals surface area contributed by atoms with Gasteiger partial charge in [-0.1, -0.05) is 41.9 Å². The van der Waals surface area contributed by atoms with E-state index in [2.05, 4.69) is 34.0 Å². The molecule has 4 nitrogen and oxygen atoms in total. The van der Waals surface area contributed by atoms with Crippen LogP contribution in [0.4, 0.5) is 5.88 Å². The standard InChI is InChI=1S/C23H18ClN3O/c1-15-16(2)28-23(21(15)11-25)26-12-18-14-27(22-6-4-3-5-20(18)22)13-17-7-9-19(24)10-8-17/h3-10,12,14H,13H2,1-2H3/b26-12+. The van der Waals surface area contributed by atoms with E-state index in [4.69, 9.17) is 16.0 Å². The first-order chi connectivity index (χ1) is 13.6. The summed E-state index contributed by atoms with van der Waals surface area (Å²) in [5, 5.41) is 11.2. The molecular weight excluding hydrogens is 370 g/mol. The molecule has 0 N–H and O–H groups in total. The molecule has 0 fully saturated rings. The average molecular weight is 388 g/mol. The van der Waals surface area contributed by atoms with E-state index in [1.165, 1.54) is 0 Å². The number of aromatic nitrogens is 1. The van der Waals surface area contributed by atoms with Gasteiger partial charge in [-0.15, -0.1) is 0 Å². The zero-order valence-corrected chi connectivity index (χ0v) is 16.4. The van der Waals surface area contributed by atoms with Crippen LogP contribution in [-0.4, -0.2) is 10.8 Å². The molecule has 5 heteroatoms. The minimum Gasteiger partial charge on any atom is -0.442 e. The van der Waals surface area contributed by atoms with Gasteiger partial charge in [-0.2, -0.15) is 5.26 Å². The minimum absolute atomic E-state index is 0.354. The van der Waals surface area contributed by atoms with Crippen molar-refractivity contribution < 1.29 is 4.42 Å². The molecule has 2 aromatic heterocycles. The molecule has 0 aliphatic carbocycles. The lowest BCUT2D eigenvalue weighted by atomic mass is 10.2. The van der Waals surface area contributed by atoms with Crippen molar-refractivity contribution in [1.29, 1.82) is 5.26 Å². The maximum Gasteiger partial charge on any atom is 0.237 e. The van der Waals surface area contributed by atoms with Gasteiger partial charge in [-0.25, -0.2) is 4.99 Å². The first kappa shape index (κ1) is 18.1. The van der Waals surface area contributed by atoms with Gasteiger partial charge in [0.15, 0.2) is 0 Å². The Morgan fingerprint density at radius 2 is 1.89 bits per heavy atom. The molecule has 0 aliphatic rings. The zero-order valence-electron chi connectivity index (χ0n) is 15.6. The Morgan fingerprint density at radius 3 is 2.64 bits per heavy atom. The molecule has 4 aromatic rings. The third-order valence-electron chi connectivity index (χ3n) is 4.89. The normalized spacial score (nSPS) is 11.4. The van der Waals surface area contributed by atoms with Gasteiger partial charge < -0.3 is 8.98 Å². The summed E-state index contributed by atoms with van der Waals surface area (Å²) in [7, 11) is 0. The minimum atomic E-state index is 0.354. The van der Waals surface area contributed by atoms with Crippen LogP contribution >= 0.6 is 11.6 Å². The van der Waals surface area contributed by atoms with Crippen molar-refractivity contribution in [3.05, 3.63) is 87.8 Å². The molecule has 2 heterocycles. The van der Waals surface area contributed by atoms with Crippen molar-refractivity contribution in [3.63, 3.8) is 0 Å². The fourth-order valence-corrected chi connectivity index (χ4v) is 3.38. The maximum atomic E-state index is 9.37. The van der Waals surface area contributed by atoms with Crippen molar-refractivity contribution in [2.75, 3.05) is 0 Å². The molecule has 0 spiro atoms. The number of rotatable bonds is 4. The number of hydrogen-bond donors (Lipinski definition) is 0. The molecule has 28 heavy (non-hydrogen) atoms. The van der Waals surface area contributed by atoms with E-state index in [1.807, 2.05) is 50.2 Å². The van der Waals surface area contributed by atoms with Crippen LogP contribution in [-0.2, 0) is 6.54 Å². The van der Waals surface area contributed by atoms with E-state index in [0.717, 1.165) is 39.2 Å². The number of para-hydroxylation sites is 1. The smallest absolute Gasteiger partial charge is 0.237 e. The summed E-state index contributed by atoms with van der Waals surface area (Å²) in [6, 6.07) is 18.2. The molecule has 0 bridgehead atoms. The van der Waals surface area contributed by atoms with Crippen molar-refractivity contribution in [1.82, 2.24) is 4.57 Å². The van der Waals surface area contributed by atoms with Crippen molar-refractivity contribution in [2.45, 2.75) is 20.4 Å². The maximum absolute atomic E-state index is 9.37. The number of aryl methyl sites for hydroxylation is 1. The number of aliphatic imine (C=N–C) groups is 1. The molecule has 2 aromatic carbocycles. The Morgan fingerprint density at radius 1 is 1.14 bits per heavy atom. The quantitative estimate of drug-likeness (QED) is 0.393. The lowest BCUT2D eigenvalue weighted by Crippen LogP contribution is -1.97. The number of halogens is 1. The Labute approximate surface area is 168 Å². The highest BCUT2D eigenvalue weighted by Gasteiger charge is 2.13. The number of benzene rings is 2. The summed E-state index contributed by atoms with van der Waals surface area (Å²) >= 11 is 5.99. The van der Waals surface area contributed by atoms with Gasteiger partial charge in [0.2, 0.25) is 5.88 Å². The van der Waals surface area contributed by atoms with E-state index in [0.29, 0.717) is 17.2 Å². The largest absolute Gasteiger partial charge is 0.442 e. The molecule has 4 rings (SSSR count). The first-order valence-corrected chi connectivity index (χ1v) is 9.31. The van der Waals surface area contributed by atoms with Gasteiger partial charge in [0, 0.05) is 46.0 Å². The van der Waals surface area contributed by atoms with Crippen LogP contribution in [0.3, 0.4) is 0 Å². The molecular formula is C23H18ClN3O. The predicted octanol–water partition coefficient (Wildman–Crippen LogP) is 6.18. The third-order valence-corrected chi connectivity index (χ3v) is 5.14. The highest BCUT2D eigenvalue weighted by atomic mass is 35.5. The van der Waals surface area contributed by atoms with Crippen LogP contribution in [0.5, 0.6) is 0 Å². The van der Waals surface area contributed by atoms with Gasteiger partial charge in [0.25, 0.3) is 0 Å². The van der Waals surface area contributed by atoms with Crippen LogP contribution in [0.15, 0.2) is 64.1 Å². The molecule has 0 amide bonds. The van der Waals surface area contributed by atoms with Crippen LogP contribution in [0.1, 0.15) is 28.0 Å². The Bertz CT molecular complexity index is 1220. The first-order valence-electron chi connectivity index (χ1n) is 8.93. The molecule has 0 unspecified atom stereocenters. The van der Waals surface area contributed by atoms with Gasteiger partial charge in [-0.3, -0.25) is 0 Å². The van der Waals surface area contributed by atoms with Crippen molar-refractivity contribution in [2.24, 2.45) is 4.99 Å². The predicted molar refractivity (Wildman–Crippen MR) is 113 cm³/mol. The summed E-state index contributed by atoms with van der Waals surface area (Å²) < 4.78 is 7.83. The number of nitriles is 1. The fourth-order valence-electron chi connectivity index (χ4n) is 3.26. The molecule has 138 valence electrons. The molecule has 0 radical (unpaired) electrons. The Kier molecular flexibility index (Phi) is 4.77. The summed E-state index contributed by atoms with van der Waals surface area (Å²) in [6.07, 6.45) is 3.83. The van der Waals surface area contributed by atoms with Gasteiger partial charge in [0.1, 0.15) is 17.4 Å². The zero-order chi connectivity index (χ0) is 19.7.